The molecule has 1 fully saturated rings. The fraction of sp³-hybridized carbons (Fsp3) is 0.400. The summed E-state index contributed by atoms with van der Waals surface area (Å²) in [5.41, 5.74) is 0.967. The van der Waals surface area contributed by atoms with Crippen LogP contribution >= 0.6 is 0 Å². The van der Waals surface area contributed by atoms with E-state index in [1.165, 1.54) is 4.31 Å². The number of ether oxygens (including phenoxy) is 1. The van der Waals surface area contributed by atoms with Crippen LogP contribution in [0.15, 0.2) is 59.5 Å². The number of piperidine rings is 1. The van der Waals surface area contributed by atoms with Gasteiger partial charge in [0.25, 0.3) is 0 Å². The minimum absolute atomic E-state index is 0.0920. The second-order valence-corrected chi connectivity index (χ2v) is 10.7. The molecule has 8 nitrogen and oxygen atoms in total. The molecule has 1 heterocycles. The number of anilines is 1. The zero-order chi connectivity index (χ0) is 24.7. The van der Waals surface area contributed by atoms with E-state index in [9.17, 15) is 22.8 Å². The number of carbonyl (C=O) groups is 3. The molecule has 0 spiro atoms. The van der Waals surface area contributed by atoms with Gasteiger partial charge in [0.05, 0.1) is 10.8 Å². The fourth-order valence-corrected chi connectivity index (χ4v) is 5.22. The lowest BCUT2D eigenvalue weighted by Gasteiger charge is -2.30. The van der Waals surface area contributed by atoms with Crippen molar-refractivity contribution in [3.05, 3.63) is 60.2 Å². The van der Waals surface area contributed by atoms with E-state index >= 15 is 0 Å². The van der Waals surface area contributed by atoms with Crippen molar-refractivity contribution < 1.29 is 27.5 Å². The summed E-state index contributed by atoms with van der Waals surface area (Å²) < 4.78 is 32.0. The SMILES string of the molecule is CC(C)CC(=O)Nc1ccc(C(=O)COC(=O)C2CCN(S(=O)(=O)c3ccccc3)CC2)cc1. The minimum atomic E-state index is -3.59. The van der Waals surface area contributed by atoms with Gasteiger partial charge in [-0.1, -0.05) is 32.0 Å². The molecule has 1 N–H and O–H groups in total. The molecule has 0 aromatic heterocycles. The Morgan fingerprint density at radius 2 is 1.62 bits per heavy atom. The number of ketones is 1. The molecule has 0 radical (unpaired) electrons. The fourth-order valence-electron chi connectivity index (χ4n) is 3.73. The number of benzene rings is 2. The maximum atomic E-state index is 12.7. The summed E-state index contributed by atoms with van der Waals surface area (Å²) in [6, 6.07) is 14.6. The van der Waals surface area contributed by atoms with E-state index in [1.807, 2.05) is 13.8 Å². The Morgan fingerprint density at radius 1 is 1.00 bits per heavy atom. The third-order valence-electron chi connectivity index (χ3n) is 5.60. The highest BCUT2D eigenvalue weighted by Gasteiger charge is 2.33. The molecule has 1 aliphatic heterocycles. The van der Waals surface area contributed by atoms with Crippen molar-refractivity contribution in [2.24, 2.45) is 11.8 Å². The number of nitrogens with zero attached hydrogens (tertiary/aromatic N) is 1. The van der Waals surface area contributed by atoms with Crippen molar-refractivity contribution in [3.63, 3.8) is 0 Å². The maximum absolute atomic E-state index is 12.7. The normalized spacial score (nSPS) is 15.1. The standard InChI is InChI=1S/C25H30N2O6S/c1-18(2)16-24(29)26-21-10-8-19(9-11-21)23(28)17-33-25(30)20-12-14-27(15-13-20)34(31,32)22-6-4-3-5-7-22/h3-11,18,20H,12-17H2,1-2H3,(H,26,29). The molecule has 0 saturated carbocycles. The number of Topliss-reactive ketones (excluding diaryl/α,β-unsaturated/α-hetero) is 1. The van der Waals surface area contributed by atoms with Gasteiger partial charge >= 0.3 is 5.97 Å². The Morgan fingerprint density at radius 3 is 2.21 bits per heavy atom. The van der Waals surface area contributed by atoms with Crippen LogP contribution in [0, 0.1) is 11.8 Å². The molecule has 9 heteroatoms. The third kappa shape index (κ3) is 6.74. The first kappa shape index (κ1) is 25.6. The zero-order valence-electron chi connectivity index (χ0n) is 19.4. The van der Waals surface area contributed by atoms with Crippen LogP contribution < -0.4 is 5.32 Å². The Bertz CT molecular complexity index is 1110. The summed E-state index contributed by atoms with van der Waals surface area (Å²) in [7, 11) is -3.59. The summed E-state index contributed by atoms with van der Waals surface area (Å²) in [6.07, 6.45) is 1.08. The number of hydrogen-bond donors (Lipinski definition) is 1. The second-order valence-electron chi connectivity index (χ2n) is 8.75. The second kappa shape index (κ2) is 11.4. The van der Waals surface area contributed by atoms with Crippen LogP contribution in [0.1, 0.15) is 43.5 Å². The van der Waals surface area contributed by atoms with Crippen LogP contribution in [0.5, 0.6) is 0 Å². The number of rotatable bonds is 9. The van der Waals surface area contributed by atoms with Crippen LogP contribution in [0.25, 0.3) is 0 Å². The van der Waals surface area contributed by atoms with Crippen molar-refractivity contribution in [3.8, 4) is 0 Å². The van der Waals surface area contributed by atoms with E-state index in [0.29, 0.717) is 30.5 Å². The van der Waals surface area contributed by atoms with Gasteiger partial charge in [-0.15, -0.1) is 0 Å². The Kier molecular flexibility index (Phi) is 8.57. The molecule has 1 saturated heterocycles. The van der Waals surface area contributed by atoms with Gasteiger partial charge in [0.15, 0.2) is 12.4 Å². The smallest absolute Gasteiger partial charge is 0.309 e. The van der Waals surface area contributed by atoms with Crippen molar-refractivity contribution in [2.75, 3.05) is 25.0 Å². The Hall–Kier alpha value is -3.04. The van der Waals surface area contributed by atoms with Gasteiger partial charge in [0.2, 0.25) is 15.9 Å². The van der Waals surface area contributed by atoms with Crippen LogP contribution in [0.3, 0.4) is 0 Å². The van der Waals surface area contributed by atoms with E-state index in [0.717, 1.165) is 0 Å². The van der Waals surface area contributed by atoms with Gasteiger partial charge in [-0.2, -0.15) is 4.31 Å². The maximum Gasteiger partial charge on any atom is 0.309 e. The molecule has 1 aliphatic rings. The molecular formula is C25H30N2O6S. The zero-order valence-corrected chi connectivity index (χ0v) is 20.2. The monoisotopic (exact) mass is 486 g/mol. The van der Waals surface area contributed by atoms with Crippen molar-refractivity contribution in [1.29, 1.82) is 0 Å². The van der Waals surface area contributed by atoms with E-state index in [2.05, 4.69) is 5.32 Å². The van der Waals surface area contributed by atoms with Gasteiger partial charge < -0.3 is 10.1 Å². The molecule has 0 bridgehead atoms. The number of nitrogens with one attached hydrogen (secondary N) is 1. The minimum Gasteiger partial charge on any atom is -0.457 e. The first-order valence-corrected chi connectivity index (χ1v) is 12.8. The van der Waals surface area contributed by atoms with E-state index in [-0.39, 0.29) is 42.2 Å². The molecule has 0 unspecified atom stereocenters. The molecule has 34 heavy (non-hydrogen) atoms. The third-order valence-corrected chi connectivity index (χ3v) is 7.51. The molecule has 0 atom stereocenters. The molecule has 3 rings (SSSR count). The quantitative estimate of drug-likeness (QED) is 0.429. The van der Waals surface area contributed by atoms with Crippen LogP contribution in [-0.4, -0.2) is 50.1 Å². The lowest BCUT2D eigenvalue weighted by Crippen LogP contribution is -2.40. The van der Waals surface area contributed by atoms with Gasteiger partial charge in [0.1, 0.15) is 0 Å². The molecule has 0 aliphatic carbocycles. The summed E-state index contributed by atoms with van der Waals surface area (Å²) in [5.74, 6) is -1.14. The highest BCUT2D eigenvalue weighted by Crippen LogP contribution is 2.24. The first-order chi connectivity index (χ1) is 16.2. The van der Waals surface area contributed by atoms with Gasteiger partial charge in [0, 0.05) is 30.8 Å². The van der Waals surface area contributed by atoms with E-state index < -0.39 is 21.9 Å². The molecule has 1 amide bonds. The average Bonchev–Trinajstić information content (AvgIpc) is 2.83. The van der Waals surface area contributed by atoms with Crippen LogP contribution in [0.2, 0.25) is 0 Å². The Balaban J connectivity index is 1.46. The van der Waals surface area contributed by atoms with Crippen molar-refractivity contribution >= 4 is 33.4 Å². The number of esters is 1. The predicted molar refractivity (Wildman–Crippen MR) is 128 cm³/mol. The summed E-state index contributed by atoms with van der Waals surface area (Å²) in [6.45, 7) is 3.96. The summed E-state index contributed by atoms with van der Waals surface area (Å²) >= 11 is 0. The lowest BCUT2D eigenvalue weighted by molar-refractivity contribution is -0.148. The highest BCUT2D eigenvalue weighted by atomic mass is 32.2. The van der Waals surface area contributed by atoms with Crippen molar-refractivity contribution in [2.45, 2.75) is 38.0 Å². The molecule has 2 aromatic rings. The van der Waals surface area contributed by atoms with Crippen LogP contribution in [0.4, 0.5) is 5.69 Å². The molecular weight excluding hydrogens is 456 g/mol. The molecule has 2 aromatic carbocycles. The number of amides is 1. The predicted octanol–water partition coefficient (Wildman–Crippen LogP) is 3.50. The summed E-state index contributed by atoms with van der Waals surface area (Å²) in [5, 5.41) is 2.77. The lowest BCUT2D eigenvalue weighted by atomic mass is 9.98. The number of carbonyl (C=O) groups excluding carboxylic acids is 3. The van der Waals surface area contributed by atoms with Crippen LogP contribution in [-0.2, 0) is 24.3 Å². The Labute approximate surface area is 200 Å². The first-order valence-electron chi connectivity index (χ1n) is 11.3. The van der Waals surface area contributed by atoms with Gasteiger partial charge in [-0.05, 0) is 55.2 Å². The largest absolute Gasteiger partial charge is 0.457 e. The van der Waals surface area contributed by atoms with Gasteiger partial charge in [-0.3, -0.25) is 14.4 Å². The number of hydrogen-bond acceptors (Lipinski definition) is 6. The number of sulfonamides is 1. The van der Waals surface area contributed by atoms with Gasteiger partial charge in [-0.25, -0.2) is 8.42 Å². The van der Waals surface area contributed by atoms with E-state index in [4.69, 9.17) is 4.74 Å². The topological polar surface area (TPSA) is 110 Å². The van der Waals surface area contributed by atoms with Crippen molar-refractivity contribution in [1.82, 2.24) is 4.31 Å². The molecule has 182 valence electrons. The summed E-state index contributed by atoms with van der Waals surface area (Å²) in [4.78, 5) is 36.9. The van der Waals surface area contributed by atoms with E-state index in [1.54, 1.807) is 54.6 Å². The average molecular weight is 487 g/mol. The highest BCUT2D eigenvalue weighted by molar-refractivity contribution is 7.89.